The fourth-order valence-electron chi connectivity index (χ4n) is 2.77. The van der Waals surface area contributed by atoms with E-state index in [0.717, 1.165) is 5.01 Å². The van der Waals surface area contributed by atoms with E-state index in [1.165, 1.54) is 0 Å². The molecule has 0 radical (unpaired) electrons. The molecule has 31 heavy (non-hydrogen) atoms. The highest BCUT2D eigenvalue weighted by Gasteiger charge is 2.25. The second kappa shape index (κ2) is 11.3. The molecule has 2 unspecified atom stereocenters. The third-order valence-electron chi connectivity index (χ3n) is 4.31. The van der Waals surface area contributed by atoms with Gasteiger partial charge in [-0.15, -0.1) is 0 Å². The van der Waals surface area contributed by atoms with Gasteiger partial charge in [-0.05, 0) is 31.2 Å². The number of hydrazine groups is 1. The number of benzene rings is 2. The number of carboxylic acid groups (broad SMARTS) is 1. The molecule has 0 spiro atoms. The zero-order valence-electron chi connectivity index (χ0n) is 17.4. The highest BCUT2D eigenvalue weighted by Crippen LogP contribution is 2.15. The van der Waals surface area contributed by atoms with Crippen molar-refractivity contribution in [3.05, 3.63) is 60.7 Å². The minimum atomic E-state index is -1.03. The minimum Gasteiger partial charge on any atom is -0.481 e. The highest BCUT2D eigenvalue weighted by molar-refractivity contribution is 6.00. The molecule has 2 atom stereocenters. The van der Waals surface area contributed by atoms with Gasteiger partial charge < -0.3 is 15.7 Å². The Kier molecular flexibility index (Phi) is 8.56. The Balaban J connectivity index is 2.05. The van der Waals surface area contributed by atoms with Crippen LogP contribution in [0, 0.1) is 5.92 Å². The van der Waals surface area contributed by atoms with Crippen LogP contribution in [0.25, 0.3) is 0 Å². The first kappa shape index (κ1) is 23.4. The molecule has 0 saturated carbocycles. The van der Waals surface area contributed by atoms with E-state index in [0.29, 0.717) is 11.4 Å². The van der Waals surface area contributed by atoms with E-state index >= 15 is 0 Å². The van der Waals surface area contributed by atoms with E-state index in [1.807, 2.05) is 6.07 Å². The van der Waals surface area contributed by atoms with Crippen LogP contribution in [-0.4, -0.2) is 35.0 Å². The van der Waals surface area contributed by atoms with Crippen LogP contribution in [-0.2, 0) is 14.4 Å². The number of hydrogen-bond donors (Lipinski definition) is 4. The quantitative estimate of drug-likeness (QED) is 0.483. The van der Waals surface area contributed by atoms with Crippen LogP contribution in [0.5, 0.6) is 0 Å². The fraction of sp³-hybridized carbons (Fsp3) is 0.273. The SMILES string of the molecule is CC(CC(=O)O)NC(=O)C(C)CC(=O)N(NC(=O)Nc1ccccc1)c1ccccc1. The van der Waals surface area contributed by atoms with Crippen LogP contribution in [0.2, 0.25) is 0 Å². The summed E-state index contributed by atoms with van der Waals surface area (Å²) in [5, 5.41) is 15.1. The molecule has 0 aliphatic carbocycles. The molecule has 0 fully saturated rings. The summed E-state index contributed by atoms with van der Waals surface area (Å²) in [7, 11) is 0. The normalized spacial score (nSPS) is 12.2. The highest BCUT2D eigenvalue weighted by atomic mass is 16.4. The lowest BCUT2D eigenvalue weighted by Crippen LogP contribution is -2.49. The monoisotopic (exact) mass is 426 g/mol. The van der Waals surface area contributed by atoms with Crippen LogP contribution in [0.15, 0.2) is 60.7 Å². The first-order valence-corrected chi connectivity index (χ1v) is 9.79. The van der Waals surface area contributed by atoms with Gasteiger partial charge in [0.2, 0.25) is 11.8 Å². The Morgan fingerprint density at radius 3 is 2.06 bits per heavy atom. The Hall–Kier alpha value is -3.88. The van der Waals surface area contributed by atoms with Crippen LogP contribution in [0.3, 0.4) is 0 Å². The van der Waals surface area contributed by atoms with Crippen molar-refractivity contribution in [3.8, 4) is 0 Å². The Morgan fingerprint density at radius 1 is 0.903 bits per heavy atom. The van der Waals surface area contributed by atoms with Crippen molar-refractivity contribution >= 4 is 35.2 Å². The van der Waals surface area contributed by atoms with Gasteiger partial charge in [-0.25, -0.2) is 15.2 Å². The van der Waals surface area contributed by atoms with Gasteiger partial charge in [0.05, 0.1) is 12.1 Å². The molecule has 0 aliphatic rings. The van der Waals surface area contributed by atoms with Gasteiger partial charge >= 0.3 is 12.0 Å². The summed E-state index contributed by atoms with van der Waals surface area (Å²) >= 11 is 0. The Bertz CT molecular complexity index is 905. The van der Waals surface area contributed by atoms with Crippen molar-refractivity contribution in [1.29, 1.82) is 0 Å². The zero-order valence-corrected chi connectivity index (χ0v) is 17.4. The molecule has 0 aliphatic heterocycles. The van der Waals surface area contributed by atoms with Crippen molar-refractivity contribution in [2.45, 2.75) is 32.7 Å². The summed E-state index contributed by atoms with van der Waals surface area (Å²) in [6.45, 7) is 3.14. The summed E-state index contributed by atoms with van der Waals surface area (Å²) in [6.07, 6.45) is -0.407. The number of hydrogen-bond acceptors (Lipinski definition) is 4. The maximum absolute atomic E-state index is 12.9. The van der Waals surface area contributed by atoms with Gasteiger partial charge in [0, 0.05) is 24.1 Å². The lowest BCUT2D eigenvalue weighted by atomic mass is 10.1. The predicted octanol–water partition coefficient (Wildman–Crippen LogP) is 2.76. The molecule has 0 heterocycles. The number of urea groups is 1. The molecule has 4 amide bonds. The first-order chi connectivity index (χ1) is 14.8. The van der Waals surface area contributed by atoms with Crippen molar-refractivity contribution in [2.75, 3.05) is 10.3 Å². The number of para-hydroxylation sites is 2. The third-order valence-corrected chi connectivity index (χ3v) is 4.31. The average molecular weight is 426 g/mol. The van der Waals surface area contributed by atoms with Crippen molar-refractivity contribution < 1.29 is 24.3 Å². The van der Waals surface area contributed by atoms with Gasteiger partial charge in [-0.1, -0.05) is 43.3 Å². The smallest absolute Gasteiger partial charge is 0.338 e. The summed E-state index contributed by atoms with van der Waals surface area (Å²) in [5.41, 5.74) is 3.51. The molecular weight excluding hydrogens is 400 g/mol. The van der Waals surface area contributed by atoms with Gasteiger partial charge in [0.25, 0.3) is 0 Å². The number of anilines is 2. The van der Waals surface area contributed by atoms with Crippen molar-refractivity contribution in [2.24, 2.45) is 5.92 Å². The number of carboxylic acids is 1. The number of carbonyl (C=O) groups excluding carboxylic acids is 3. The van der Waals surface area contributed by atoms with Gasteiger partial charge in [-0.2, -0.15) is 0 Å². The molecule has 0 aromatic heterocycles. The topological polar surface area (TPSA) is 128 Å². The van der Waals surface area contributed by atoms with E-state index in [-0.39, 0.29) is 12.8 Å². The number of carbonyl (C=O) groups is 4. The zero-order chi connectivity index (χ0) is 22.8. The van der Waals surface area contributed by atoms with E-state index < -0.39 is 35.8 Å². The third kappa shape index (κ3) is 7.81. The van der Waals surface area contributed by atoms with E-state index in [1.54, 1.807) is 68.4 Å². The molecule has 164 valence electrons. The second-order valence-corrected chi connectivity index (χ2v) is 7.11. The fourth-order valence-corrected chi connectivity index (χ4v) is 2.77. The molecule has 9 nitrogen and oxygen atoms in total. The molecule has 2 rings (SSSR count). The van der Waals surface area contributed by atoms with E-state index in [2.05, 4.69) is 16.1 Å². The number of nitrogens with one attached hydrogen (secondary N) is 3. The first-order valence-electron chi connectivity index (χ1n) is 9.79. The Morgan fingerprint density at radius 2 is 1.48 bits per heavy atom. The average Bonchev–Trinajstić information content (AvgIpc) is 2.72. The second-order valence-electron chi connectivity index (χ2n) is 7.11. The van der Waals surface area contributed by atoms with Crippen LogP contribution in [0.4, 0.5) is 16.2 Å². The number of nitrogens with zero attached hydrogens (tertiary/aromatic N) is 1. The maximum Gasteiger partial charge on any atom is 0.338 e. The van der Waals surface area contributed by atoms with E-state index in [9.17, 15) is 19.2 Å². The molecule has 4 N–H and O–H groups in total. The summed E-state index contributed by atoms with van der Waals surface area (Å²) in [5.74, 6) is -2.69. The molecule has 0 bridgehead atoms. The van der Waals surface area contributed by atoms with Gasteiger partial charge in [0.1, 0.15) is 0 Å². The van der Waals surface area contributed by atoms with E-state index in [4.69, 9.17) is 5.11 Å². The minimum absolute atomic E-state index is 0.188. The van der Waals surface area contributed by atoms with Crippen LogP contribution in [0.1, 0.15) is 26.7 Å². The molecule has 9 heteroatoms. The lowest BCUT2D eigenvalue weighted by Gasteiger charge is -2.25. The maximum atomic E-state index is 12.9. The van der Waals surface area contributed by atoms with Gasteiger partial charge in [-0.3, -0.25) is 14.4 Å². The van der Waals surface area contributed by atoms with Crippen LogP contribution >= 0.6 is 0 Å². The molecule has 0 saturated heterocycles. The summed E-state index contributed by atoms with van der Waals surface area (Å²) in [4.78, 5) is 48.4. The lowest BCUT2D eigenvalue weighted by molar-refractivity contribution is -0.138. The molecule has 2 aromatic carbocycles. The number of amides is 4. The largest absolute Gasteiger partial charge is 0.481 e. The number of rotatable bonds is 8. The molecule has 2 aromatic rings. The standard InChI is InChI=1S/C22H26N4O5/c1-15(21(30)23-16(2)14-20(28)29)13-19(27)26(18-11-7-4-8-12-18)25-22(31)24-17-9-5-3-6-10-17/h3-12,15-16H,13-14H2,1-2H3,(H,23,30)(H,28,29)(H2,24,25,31). The van der Waals surface area contributed by atoms with Gasteiger partial charge in [0.15, 0.2) is 0 Å². The predicted molar refractivity (Wildman–Crippen MR) is 116 cm³/mol. The number of aliphatic carboxylic acids is 1. The Labute approximate surface area is 180 Å². The van der Waals surface area contributed by atoms with Crippen molar-refractivity contribution in [3.63, 3.8) is 0 Å². The van der Waals surface area contributed by atoms with Crippen LogP contribution < -0.4 is 21.1 Å². The van der Waals surface area contributed by atoms with Crippen molar-refractivity contribution in [1.82, 2.24) is 10.7 Å². The summed E-state index contributed by atoms with van der Waals surface area (Å²) < 4.78 is 0. The summed E-state index contributed by atoms with van der Waals surface area (Å²) in [6, 6.07) is 16.1. The molecular formula is C22H26N4O5.